The zero-order chi connectivity index (χ0) is 12.3. The Kier molecular flexibility index (Phi) is 3.89. The Labute approximate surface area is 104 Å². The van der Waals surface area contributed by atoms with Gasteiger partial charge in [0.15, 0.2) is 0 Å². The predicted octanol–water partition coefficient (Wildman–Crippen LogP) is 2.44. The Morgan fingerprint density at radius 1 is 1.47 bits per heavy atom. The molecule has 17 heavy (non-hydrogen) atoms. The van der Waals surface area contributed by atoms with Crippen molar-refractivity contribution < 1.29 is 4.74 Å². The minimum absolute atomic E-state index is 0.658. The number of nitrogen functional groups attached to an aromatic ring is 1. The Morgan fingerprint density at radius 2 is 2.29 bits per heavy atom. The molecule has 0 aliphatic carbocycles. The van der Waals surface area contributed by atoms with Gasteiger partial charge >= 0.3 is 0 Å². The van der Waals surface area contributed by atoms with Crippen LogP contribution in [-0.4, -0.2) is 26.8 Å². The summed E-state index contributed by atoms with van der Waals surface area (Å²) in [6, 6.07) is 6.10. The highest BCUT2D eigenvalue weighted by atomic mass is 16.5. The molecule has 3 heteroatoms. The van der Waals surface area contributed by atoms with Crippen LogP contribution in [0, 0.1) is 12.8 Å². The third kappa shape index (κ3) is 3.13. The predicted molar refractivity (Wildman–Crippen MR) is 72.4 cm³/mol. The Balaban J connectivity index is 2.00. The van der Waals surface area contributed by atoms with E-state index in [1.807, 2.05) is 12.1 Å². The zero-order valence-electron chi connectivity index (χ0n) is 10.8. The number of aryl methyl sites for hydroxylation is 1. The number of rotatable bonds is 3. The number of ether oxygens (including phenoxy) is 1. The minimum Gasteiger partial charge on any atom is -0.399 e. The third-order valence-corrected chi connectivity index (χ3v) is 3.42. The van der Waals surface area contributed by atoms with Gasteiger partial charge in [-0.3, -0.25) is 0 Å². The highest BCUT2D eigenvalue weighted by molar-refractivity contribution is 5.58. The van der Waals surface area contributed by atoms with Gasteiger partial charge in [-0.2, -0.15) is 0 Å². The van der Waals surface area contributed by atoms with Crippen LogP contribution in [0.4, 0.5) is 11.4 Å². The topological polar surface area (TPSA) is 38.5 Å². The number of anilines is 2. The number of hydrogen-bond acceptors (Lipinski definition) is 3. The fourth-order valence-electron chi connectivity index (χ4n) is 2.54. The maximum Gasteiger partial charge on any atom is 0.0511 e. The van der Waals surface area contributed by atoms with Crippen molar-refractivity contribution >= 4 is 11.4 Å². The maximum atomic E-state index is 5.77. The third-order valence-electron chi connectivity index (χ3n) is 3.42. The average molecular weight is 234 g/mol. The van der Waals surface area contributed by atoms with E-state index < -0.39 is 0 Å². The largest absolute Gasteiger partial charge is 0.399 e. The molecule has 1 aliphatic heterocycles. The second-order valence-electron chi connectivity index (χ2n) is 5.01. The lowest BCUT2D eigenvalue weighted by Gasteiger charge is -2.29. The lowest BCUT2D eigenvalue weighted by atomic mass is 10.0. The summed E-state index contributed by atoms with van der Waals surface area (Å²) in [6.07, 6.45) is 2.47. The molecular weight excluding hydrogens is 212 g/mol. The van der Waals surface area contributed by atoms with Gasteiger partial charge in [0.1, 0.15) is 0 Å². The molecule has 94 valence electrons. The second kappa shape index (κ2) is 5.41. The fourth-order valence-corrected chi connectivity index (χ4v) is 2.54. The van der Waals surface area contributed by atoms with Crippen molar-refractivity contribution in [3.63, 3.8) is 0 Å². The molecule has 1 unspecified atom stereocenters. The highest BCUT2D eigenvalue weighted by Gasteiger charge is 2.16. The van der Waals surface area contributed by atoms with Crippen LogP contribution in [0.25, 0.3) is 0 Å². The maximum absolute atomic E-state index is 5.77. The van der Waals surface area contributed by atoms with Crippen LogP contribution in [0.2, 0.25) is 0 Å². The Hall–Kier alpha value is -1.22. The molecule has 0 saturated carbocycles. The van der Waals surface area contributed by atoms with E-state index in [4.69, 9.17) is 10.5 Å². The smallest absolute Gasteiger partial charge is 0.0511 e. The van der Waals surface area contributed by atoms with Crippen LogP contribution in [-0.2, 0) is 4.74 Å². The first-order valence-corrected chi connectivity index (χ1v) is 6.32. The Bertz CT molecular complexity index is 372. The summed E-state index contributed by atoms with van der Waals surface area (Å²) in [4.78, 5) is 2.31. The van der Waals surface area contributed by atoms with Crippen molar-refractivity contribution in [1.29, 1.82) is 0 Å². The van der Waals surface area contributed by atoms with Crippen LogP contribution in [0.15, 0.2) is 18.2 Å². The number of nitrogens with zero attached hydrogens (tertiary/aromatic N) is 1. The molecule has 1 aliphatic rings. The van der Waals surface area contributed by atoms with Gasteiger partial charge in [-0.1, -0.05) is 0 Å². The van der Waals surface area contributed by atoms with E-state index in [-0.39, 0.29) is 0 Å². The van der Waals surface area contributed by atoms with Gasteiger partial charge in [-0.05, 0) is 49.4 Å². The SMILES string of the molecule is Cc1cc(N)ccc1N(C)CC1CCCOC1. The molecule has 1 aromatic rings. The first kappa shape index (κ1) is 12.2. The van der Waals surface area contributed by atoms with E-state index >= 15 is 0 Å². The lowest BCUT2D eigenvalue weighted by molar-refractivity contribution is 0.0576. The molecule has 2 rings (SSSR count). The van der Waals surface area contributed by atoms with Crippen molar-refractivity contribution in [2.24, 2.45) is 5.92 Å². The van der Waals surface area contributed by atoms with Crippen LogP contribution in [0.3, 0.4) is 0 Å². The van der Waals surface area contributed by atoms with Crippen molar-refractivity contribution in [3.8, 4) is 0 Å². The molecule has 1 atom stereocenters. The van der Waals surface area contributed by atoms with Crippen LogP contribution in [0.5, 0.6) is 0 Å². The van der Waals surface area contributed by atoms with Crippen LogP contribution >= 0.6 is 0 Å². The molecule has 0 aromatic heterocycles. The summed E-state index contributed by atoms with van der Waals surface area (Å²) in [5.41, 5.74) is 9.12. The second-order valence-corrected chi connectivity index (χ2v) is 5.01. The number of hydrogen-bond donors (Lipinski definition) is 1. The molecule has 2 N–H and O–H groups in total. The van der Waals surface area contributed by atoms with Gasteiger partial charge in [0.25, 0.3) is 0 Å². The molecule has 0 radical (unpaired) electrons. The van der Waals surface area contributed by atoms with E-state index in [0.29, 0.717) is 5.92 Å². The highest BCUT2D eigenvalue weighted by Crippen LogP contribution is 2.23. The van der Waals surface area contributed by atoms with Gasteiger partial charge in [0, 0.05) is 31.6 Å². The summed E-state index contributed by atoms with van der Waals surface area (Å²) >= 11 is 0. The van der Waals surface area contributed by atoms with Crippen molar-refractivity contribution in [3.05, 3.63) is 23.8 Å². The first-order valence-electron chi connectivity index (χ1n) is 6.32. The van der Waals surface area contributed by atoms with E-state index in [1.165, 1.54) is 24.1 Å². The van der Waals surface area contributed by atoms with Gasteiger partial charge in [-0.25, -0.2) is 0 Å². The molecule has 1 fully saturated rings. The first-order chi connectivity index (χ1) is 8.16. The minimum atomic E-state index is 0.658. The van der Waals surface area contributed by atoms with Crippen molar-refractivity contribution in [1.82, 2.24) is 0 Å². The van der Waals surface area contributed by atoms with E-state index in [9.17, 15) is 0 Å². The fraction of sp³-hybridized carbons (Fsp3) is 0.571. The summed E-state index contributed by atoms with van der Waals surface area (Å²) in [5.74, 6) is 0.658. The van der Waals surface area contributed by atoms with E-state index in [1.54, 1.807) is 0 Å². The summed E-state index contributed by atoms with van der Waals surface area (Å²) in [5, 5.41) is 0. The van der Waals surface area contributed by atoms with Crippen molar-refractivity contribution in [2.75, 3.05) is 37.4 Å². The van der Waals surface area contributed by atoms with E-state index in [0.717, 1.165) is 25.4 Å². The molecule has 0 bridgehead atoms. The number of nitrogens with two attached hydrogens (primary N) is 1. The van der Waals surface area contributed by atoms with Crippen LogP contribution < -0.4 is 10.6 Å². The van der Waals surface area contributed by atoms with Crippen LogP contribution in [0.1, 0.15) is 18.4 Å². The van der Waals surface area contributed by atoms with Gasteiger partial charge in [-0.15, -0.1) is 0 Å². The standard InChI is InChI=1S/C14H22N2O/c1-11-8-13(15)5-6-14(11)16(2)9-12-4-3-7-17-10-12/h5-6,8,12H,3-4,7,9-10,15H2,1-2H3. The summed E-state index contributed by atoms with van der Waals surface area (Å²) in [6.45, 7) is 5.00. The monoisotopic (exact) mass is 234 g/mol. The zero-order valence-corrected chi connectivity index (χ0v) is 10.8. The molecule has 1 aromatic carbocycles. The summed E-state index contributed by atoms with van der Waals surface area (Å²) < 4.78 is 5.52. The average Bonchev–Trinajstić information content (AvgIpc) is 2.30. The molecule has 1 saturated heterocycles. The molecule has 1 heterocycles. The quantitative estimate of drug-likeness (QED) is 0.816. The van der Waals surface area contributed by atoms with Crippen molar-refractivity contribution in [2.45, 2.75) is 19.8 Å². The molecule has 0 amide bonds. The molecular formula is C14H22N2O. The van der Waals surface area contributed by atoms with Gasteiger partial charge < -0.3 is 15.4 Å². The van der Waals surface area contributed by atoms with Gasteiger partial charge in [0.05, 0.1) is 6.61 Å². The number of benzene rings is 1. The van der Waals surface area contributed by atoms with Gasteiger partial charge in [0.2, 0.25) is 0 Å². The Morgan fingerprint density at radius 3 is 2.94 bits per heavy atom. The molecule has 3 nitrogen and oxygen atoms in total. The lowest BCUT2D eigenvalue weighted by Crippen LogP contribution is -2.31. The van der Waals surface area contributed by atoms with E-state index in [2.05, 4.69) is 24.9 Å². The molecule has 0 spiro atoms. The summed E-state index contributed by atoms with van der Waals surface area (Å²) in [7, 11) is 2.15. The normalized spacial score (nSPS) is 20.2.